The van der Waals surface area contributed by atoms with Crippen molar-refractivity contribution in [1.82, 2.24) is 5.32 Å². The van der Waals surface area contributed by atoms with Gasteiger partial charge in [0.25, 0.3) is 0 Å². The van der Waals surface area contributed by atoms with Crippen molar-refractivity contribution in [3.8, 4) is 6.07 Å². The van der Waals surface area contributed by atoms with Gasteiger partial charge in [-0.2, -0.15) is 5.26 Å². The lowest BCUT2D eigenvalue weighted by molar-refractivity contribution is 0.0938. The molecule has 0 radical (unpaired) electrons. The van der Waals surface area contributed by atoms with Crippen LogP contribution in [-0.4, -0.2) is 31.5 Å². The van der Waals surface area contributed by atoms with Gasteiger partial charge in [0.15, 0.2) is 0 Å². The van der Waals surface area contributed by atoms with Crippen LogP contribution in [0, 0.1) is 11.3 Å². The van der Waals surface area contributed by atoms with E-state index in [2.05, 4.69) is 5.32 Å². The fraction of sp³-hybridized carbons (Fsp3) is 0.417. The van der Waals surface area contributed by atoms with E-state index in [1.54, 1.807) is 12.1 Å². The Balaban J connectivity index is 2.30. The zero-order chi connectivity index (χ0) is 12.5. The highest BCUT2D eigenvalue weighted by molar-refractivity contribution is 6.31. The second-order valence-corrected chi connectivity index (χ2v) is 3.84. The van der Waals surface area contributed by atoms with Crippen LogP contribution in [0.2, 0.25) is 5.02 Å². The van der Waals surface area contributed by atoms with Crippen molar-refractivity contribution >= 4 is 11.6 Å². The fourth-order valence-electron chi connectivity index (χ4n) is 1.29. The molecule has 0 heterocycles. The molecule has 0 saturated carbocycles. The van der Waals surface area contributed by atoms with E-state index < -0.39 is 0 Å². The summed E-state index contributed by atoms with van der Waals surface area (Å²) in [4.78, 5) is 0. The van der Waals surface area contributed by atoms with E-state index in [0.29, 0.717) is 36.9 Å². The number of nitrogens with one attached hydrogen (secondary N) is 1. The summed E-state index contributed by atoms with van der Waals surface area (Å²) in [6.07, 6.45) is 0. The van der Waals surface area contributed by atoms with Gasteiger partial charge in [-0.15, -0.1) is 0 Å². The number of nitriles is 1. The van der Waals surface area contributed by atoms with Crippen molar-refractivity contribution in [1.29, 1.82) is 5.26 Å². The van der Waals surface area contributed by atoms with Crippen LogP contribution in [0.25, 0.3) is 0 Å². The van der Waals surface area contributed by atoms with E-state index >= 15 is 0 Å². The second kappa shape index (κ2) is 8.04. The van der Waals surface area contributed by atoms with Crippen molar-refractivity contribution in [3.05, 3.63) is 34.3 Å². The molecule has 1 aromatic rings. The van der Waals surface area contributed by atoms with Crippen LogP contribution in [0.1, 0.15) is 11.1 Å². The first-order valence-electron chi connectivity index (χ1n) is 5.35. The normalized spacial score (nSPS) is 10.2. The van der Waals surface area contributed by atoms with Gasteiger partial charge in [-0.05, 0) is 17.7 Å². The number of rotatable bonds is 7. The molecule has 0 saturated heterocycles. The summed E-state index contributed by atoms with van der Waals surface area (Å²) in [7, 11) is 0. The summed E-state index contributed by atoms with van der Waals surface area (Å²) in [5.74, 6) is 0. The fourth-order valence-corrected chi connectivity index (χ4v) is 1.54. The number of benzene rings is 1. The molecule has 1 rings (SSSR count). The van der Waals surface area contributed by atoms with Gasteiger partial charge < -0.3 is 15.2 Å². The third kappa shape index (κ3) is 5.16. The highest BCUT2D eigenvalue weighted by atomic mass is 35.5. The second-order valence-electron chi connectivity index (χ2n) is 3.43. The predicted octanol–water partition coefficient (Wildman–Crippen LogP) is 1.31. The van der Waals surface area contributed by atoms with Gasteiger partial charge in [0, 0.05) is 18.1 Å². The Hall–Kier alpha value is -1.12. The molecule has 0 unspecified atom stereocenters. The molecule has 0 aliphatic heterocycles. The van der Waals surface area contributed by atoms with E-state index in [-0.39, 0.29) is 6.61 Å². The standard InChI is InChI=1S/C12H15ClN2O2/c13-12-7-10(8-14)1-2-11(12)9-15-3-5-17-6-4-16/h1-2,7,15-16H,3-6,9H2. The van der Waals surface area contributed by atoms with Crippen molar-refractivity contribution in [2.24, 2.45) is 0 Å². The lowest BCUT2D eigenvalue weighted by Crippen LogP contribution is -2.20. The van der Waals surface area contributed by atoms with Gasteiger partial charge in [-0.1, -0.05) is 17.7 Å². The highest BCUT2D eigenvalue weighted by Crippen LogP contribution is 2.17. The summed E-state index contributed by atoms with van der Waals surface area (Å²) in [5, 5.41) is 20.9. The Labute approximate surface area is 106 Å². The zero-order valence-corrected chi connectivity index (χ0v) is 10.2. The Bertz CT molecular complexity index is 391. The molecule has 5 heteroatoms. The maximum atomic E-state index is 8.69. The Morgan fingerprint density at radius 3 is 2.88 bits per heavy atom. The first-order valence-corrected chi connectivity index (χ1v) is 5.73. The van der Waals surface area contributed by atoms with Gasteiger partial charge in [-0.25, -0.2) is 0 Å². The van der Waals surface area contributed by atoms with Crippen LogP contribution in [0.15, 0.2) is 18.2 Å². The predicted molar refractivity (Wildman–Crippen MR) is 65.8 cm³/mol. The molecule has 0 aromatic heterocycles. The first-order chi connectivity index (χ1) is 8.27. The lowest BCUT2D eigenvalue weighted by Gasteiger charge is -2.07. The molecule has 0 fully saturated rings. The summed E-state index contributed by atoms with van der Waals surface area (Å²) in [5.41, 5.74) is 1.51. The van der Waals surface area contributed by atoms with Crippen molar-refractivity contribution < 1.29 is 9.84 Å². The van der Waals surface area contributed by atoms with E-state index in [9.17, 15) is 0 Å². The van der Waals surface area contributed by atoms with Crippen LogP contribution in [-0.2, 0) is 11.3 Å². The number of hydrogen-bond donors (Lipinski definition) is 2. The Kier molecular flexibility index (Phi) is 6.60. The van der Waals surface area contributed by atoms with E-state index in [1.165, 1.54) is 0 Å². The molecule has 17 heavy (non-hydrogen) atoms. The van der Waals surface area contributed by atoms with Crippen LogP contribution in [0.3, 0.4) is 0 Å². The molecule has 0 bridgehead atoms. The number of halogens is 1. The maximum absolute atomic E-state index is 8.69. The number of ether oxygens (including phenoxy) is 1. The van der Waals surface area contributed by atoms with Crippen LogP contribution >= 0.6 is 11.6 Å². The molecule has 0 aliphatic carbocycles. The summed E-state index contributed by atoms with van der Waals surface area (Å²) in [6.45, 7) is 2.28. The van der Waals surface area contributed by atoms with E-state index in [0.717, 1.165) is 5.56 Å². The average Bonchev–Trinajstić information content (AvgIpc) is 2.35. The summed E-state index contributed by atoms with van der Waals surface area (Å²) >= 11 is 6.02. The minimum Gasteiger partial charge on any atom is -0.394 e. The SMILES string of the molecule is N#Cc1ccc(CNCCOCCO)c(Cl)c1. The minimum absolute atomic E-state index is 0.0431. The smallest absolute Gasteiger partial charge is 0.0992 e. The van der Waals surface area contributed by atoms with Crippen LogP contribution < -0.4 is 5.32 Å². The van der Waals surface area contributed by atoms with Crippen molar-refractivity contribution in [3.63, 3.8) is 0 Å². The van der Waals surface area contributed by atoms with E-state index in [4.69, 9.17) is 26.7 Å². The molecule has 0 atom stereocenters. The molecule has 4 nitrogen and oxygen atoms in total. The van der Waals surface area contributed by atoms with Gasteiger partial charge in [-0.3, -0.25) is 0 Å². The van der Waals surface area contributed by atoms with Crippen LogP contribution in [0.4, 0.5) is 0 Å². The molecule has 2 N–H and O–H groups in total. The van der Waals surface area contributed by atoms with Crippen molar-refractivity contribution in [2.45, 2.75) is 6.54 Å². The third-order valence-corrected chi connectivity index (χ3v) is 2.51. The average molecular weight is 255 g/mol. The van der Waals surface area contributed by atoms with Crippen LogP contribution in [0.5, 0.6) is 0 Å². The molecule has 0 aliphatic rings. The summed E-state index contributed by atoms with van der Waals surface area (Å²) < 4.78 is 5.10. The van der Waals surface area contributed by atoms with Gasteiger partial charge in [0.1, 0.15) is 0 Å². The van der Waals surface area contributed by atoms with E-state index in [1.807, 2.05) is 12.1 Å². The third-order valence-electron chi connectivity index (χ3n) is 2.16. The maximum Gasteiger partial charge on any atom is 0.0992 e. The first kappa shape index (κ1) is 13.9. The van der Waals surface area contributed by atoms with Gasteiger partial charge in [0.2, 0.25) is 0 Å². The summed E-state index contributed by atoms with van der Waals surface area (Å²) in [6, 6.07) is 7.27. The van der Waals surface area contributed by atoms with Gasteiger partial charge in [0.05, 0.1) is 31.5 Å². The molecule has 0 amide bonds. The Morgan fingerprint density at radius 2 is 2.24 bits per heavy atom. The van der Waals surface area contributed by atoms with Gasteiger partial charge >= 0.3 is 0 Å². The highest BCUT2D eigenvalue weighted by Gasteiger charge is 2.01. The monoisotopic (exact) mass is 254 g/mol. The molecule has 92 valence electrons. The minimum atomic E-state index is 0.0431. The number of nitrogens with zero attached hydrogens (tertiary/aromatic N) is 1. The zero-order valence-electron chi connectivity index (χ0n) is 9.45. The largest absolute Gasteiger partial charge is 0.394 e. The molecular formula is C12H15ClN2O2. The number of aliphatic hydroxyl groups excluding tert-OH is 1. The quantitative estimate of drug-likeness (QED) is 0.720. The lowest BCUT2D eigenvalue weighted by atomic mass is 10.1. The number of hydrogen-bond acceptors (Lipinski definition) is 4. The Morgan fingerprint density at radius 1 is 1.41 bits per heavy atom. The molecule has 1 aromatic carbocycles. The topological polar surface area (TPSA) is 65.3 Å². The number of aliphatic hydroxyl groups is 1. The molecular weight excluding hydrogens is 240 g/mol. The van der Waals surface area contributed by atoms with Crippen molar-refractivity contribution in [2.75, 3.05) is 26.4 Å². The molecule has 0 spiro atoms.